The van der Waals surface area contributed by atoms with E-state index in [4.69, 9.17) is 14.4 Å². The molecule has 2 rings (SSSR count). The van der Waals surface area contributed by atoms with E-state index < -0.39 is 8.25 Å². The Kier molecular flexibility index (Phi) is 14.3. The Labute approximate surface area is 97.3 Å². The van der Waals surface area contributed by atoms with Crippen LogP contribution in [0.4, 0.5) is 0 Å². The molecule has 2 aromatic rings. The summed E-state index contributed by atoms with van der Waals surface area (Å²) in [5, 5.41) is 0. The van der Waals surface area contributed by atoms with Gasteiger partial charge in [-0.05, 0) is 0 Å². The van der Waals surface area contributed by atoms with E-state index in [1.54, 1.807) is 37.4 Å². The molecule has 0 aliphatic rings. The molecule has 0 spiro atoms. The van der Waals surface area contributed by atoms with Crippen LogP contribution in [0.2, 0.25) is 0 Å². The molecule has 0 saturated heterocycles. The van der Waals surface area contributed by atoms with Crippen LogP contribution in [0.1, 0.15) is 0 Å². The lowest BCUT2D eigenvalue weighted by molar-refractivity contribution is 0.405. The van der Waals surface area contributed by atoms with Crippen LogP contribution in [-0.2, 0) is 4.57 Å². The summed E-state index contributed by atoms with van der Waals surface area (Å²) >= 11 is 0. The van der Waals surface area contributed by atoms with Crippen molar-refractivity contribution in [3.05, 3.63) is 37.4 Å². The van der Waals surface area contributed by atoms with Gasteiger partial charge in [0.05, 0.1) is 12.7 Å². The van der Waals surface area contributed by atoms with Gasteiger partial charge in [0.2, 0.25) is 0 Å². The molecule has 0 amide bonds. The second-order valence-electron chi connectivity index (χ2n) is 1.80. The quantitative estimate of drug-likeness (QED) is 0.536. The molecular formula is C6H12BrN4O3P. The number of nitrogens with one attached hydrogen (secondary N) is 2. The van der Waals surface area contributed by atoms with Crippen molar-refractivity contribution in [2.75, 3.05) is 0 Å². The first-order valence-corrected chi connectivity index (χ1v) is 4.81. The maximum Gasteiger partial charge on any atom is 0.314 e. The fourth-order valence-electron chi connectivity index (χ4n) is 0.430. The number of aromatic nitrogens is 4. The van der Waals surface area contributed by atoms with Gasteiger partial charge >= 0.3 is 8.25 Å². The molecule has 2 heterocycles. The summed E-state index contributed by atoms with van der Waals surface area (Å²) in [4.78, 5) is 27.1. The Morgan fingerprint density at radius 2 is 1.33 bits per heavy atom. The summed E-state index contributed by atoms with van der Waals surface area (Å²) in [6.45, 7) is 0. The highest BCUT2D eigenvalue weighted by Crippen LogP contribution is 1.98. The molecule has 0 aliphatic heterocycles. The minimum atomic E-state index is -3.13. The molecule has 9 heteroatoms. The number of H-pyrrole nitrogens is 2. The number of hydrogen-bond acceptors (Lipinski definition) is 3. The van der Waals surface area contributed by atoms with Crippen molar-refractivity contribution in [1.82, 2.24) is 19.9 Å². The highest BCUT2D eigenvalue weighted by Gasteiger charge is 1.61. The molecule has 0 bridgehead atoms. The second kappa shape index (κ2) is 13.1. The number of nitrogens with zero attached hydrogens (tertiary/aromatic N) is 2. The minimum absolute atomic E-state index is 0. The maximum atomic E-state index is 8.74. The summed E-state index contributed by atoms with van der Waals surface area (Å²) in [7, 11) is -3.13. The Hall–Kier alpha value is -0.950. The van der Waals surface area contributed by atoms with Gasteiger partial charge in [0, 0.05) is 24.8 Å². The SMILES string of the molecule is Br.O=[PH](O)O.c1c[nH]cn1.c1c[nH]cn1. The van der Waals surface area contributed by atoms with Crippen LogP contribution in [0.25, 0.3) is 0 Å². The number of hydrogen-bond donors (Lipinski definition) is 4. The number of rotatable bonds is 0. The summed E-state index contributed by atoms with van der Waals surface area (Å²) in [5.74, 6) is 0. The number of imidazole rings is 2. The van der Waals surface area contributed by atoms with E-state index in [0.717, 1.165) is 0 Å². The van der Waals surface area contributed by atoms with Crippen LogP contribution in [0.3, 0.4) is 0 Å². The van der Waals surface area contributed by atoms with Gasteiger partial charge in [-0.2, -0.15) is 0 Å². The average molecular weight is 299 g/mol. The van der Waals surface area contributed by atoms with Gasteiger partial charge < -0.3 is 19.8 Å². The fourth-order valence-corrected chi connectivity index (χ4v) is 0.430. The second-order valence-corrected chi connectivity index (χ2v) is 2.37. The average Bonchev–Trinajstić information content (AvgIpc) is 2.83. The van der Waals surface area contributed by atoms with Gasteiger partial charge in [-0.15, -0.1) is 17.0 Å². The Morgan fingerprint density at radius 3 is 1.40 bits per heavy atom. The molecule has 0 aromatic carbocycles. The van der Waals surface area contributed by atoms with Crippen molar-refractivity contribution >= 4 is 25.2 Å². The van der Waals surface area contributed by atoms with Crippen molar-refractivity contribution in [2.24, 2.45) is 0 Å². The molecule has 7 nitrogen and oxygen atoms in total. The zero-order valence-corrected chi connectivity index (χ0v) is 10.3. The van der Waals surface area contributed by atoms with E-state index in [-0.39, 0.29) is 17.0 Å². The lowest BCUT2D eigenvalue weighted by atomic mass is 11.0. The number of aromatic amines is 2. The maximum absolute atomic E-state index is 8.74. The first kappa shape index (κ1) is 16.5. The van der Waals surface area contributed by atoms with E-state index >= 15 is 0 Å². The summed E-state index contributed by atoms with van der Waals surface area (Å²) < 4.78 is 8.74. The fraction of sp³-hybridized carbons (Fsp3) is 0. The smallest absolute Gasteiger partial charge is 0.314 e. The third-order valence-corrected chi connectivity index (χ3v) is 0.812. The van der Waals surface area contributed by atoms with Crippen molar-refractivity contribution in [2.45, 2.75) is 0 Å². The molecule has 0 aliphatic carbocycles. The largest absolute Gasteiger partial charge is 0.351 e. The van der Waals surface area contributed by atoms with E-state index in [1.807, 2.05) is 0 Å². The van der Waals surface area contributed by atoms with Crippen LogP contribution >= 0.6 is 25.2 Å². The molecule has 0 saturated carbocycles. The first-order chi connectivity index (χ1) is 6.73. The van der Waals surface area contributed by atoms with Gasteiger partial charge in [-0.25, -0.2) is 9.97 Å². The summed E-state index contributed by atoms with van der Waals surface area (Å²) in [6.07, 6.45) is 10.2. The molecule has 0 fully saturated rings. The predicted octanol–water partition coefficient (Wildman–Crippen LogP) is 0.758. The van der Waals surface area contributed by atoms with Gasteiger partial charge in [0.25, 0.3) is 0 Å². The van der Waals surface area contributed by atoms with E-state index in [9.17, 15) is 0 Å². The molecular weight excluding hydrogens is 287 g/mol. The molecule has 0 radical (unpaired) electrons. The number of halogens is 1. The zero-order valence-electron chi connectivity index (χ0n) is 7.57. The van der Waals surface area contributed by atoms with Crippen LogP contribution < -0.4 is 0 Å². The summed E-state index contributed by atoms with van der Waals surface area (Å²) in [6, 6.07) is 0. The molecule has 0 unspecified atom stereocenters. The zero-order chi connectivity index (χ0) is 10.6. The van der Waals surface area contributed by atoms with Gasteiger partial charge in [-0.3, -0.25) is 4.57 Å². The molecule has 15 heavy (non-hydrogen) atoms. The van der Waals surface area contributed by atoms with Gasteiger partial charge in [0.15, 0.2) is 0 Å². The minimum Gasteiger partial charge on any atom is -0.351 e. The third kappa shape index (κ3) is 19.5. The standard InChI is InChI=1S/2C3H4N2.BrH.H3O3P/c2*1-2-5-3-4-1;;1-4(2)3/h2*1-3H,(H,4,5);1H;4H,(H2,1,2,3). The highest BCUT2D eigenvalue weighted by molar-refractivity contribution is 8.93. The summed E-state index contributed by atoms with van der Waals surface area (Å²) in [5.41, 5.74) is 0. The van der Waals surface area contributed by atoms with Crippen LogP contribution in [0, 0.1) is 0 Å². The molecule has 86 valence electrons. The van der Waals surface area contributed by atoms with E-state index in [1.165, 1.54) is 0 Å². The van der Waals surface area contributed by atoms with Crippen molar-refractivity contribution in [3.8, 4) is 0 Å². The molecule has 4 N–H and O–H groups in total. The van der Waals surface area contributed by atoms with Crippen molar-refractivity contribution in [3.63, 3.8) is 0 Å². The normalized spacial score (nSPS) is 7.67. The third-order valence-electron chi connectivity index (χ3n) is 0.812. The topological polar surface area (TPSA) is 115 Å². The lowest BCUT2D eigenvalue weighted by Crippen LogP contribution is -1.44. The van der Waals surface area contributed by atoms with Crippen LogP contribution in [0.5, 0.6) is 0 Å². The molecule has 0 atom stereocenters. The Bertz CT molecular complexity index is 237. The molecule has 2 aromatic heterocycles. The van der Waals surface area contributed by atoms with Crippen LogP contribution in [0.15, 0.2) is 37.4 Å². The Morgan fingerprint density at radius 1 is 1.00 bits per heavy atom. The first-order valence-electron chi connectivity index (χ1n) is 3.51. The van der Waals surface area contributed by atoms with Crippen LogP contribution in [-0.4, -0.2) is 29.7 Å². The van der Waals surface area contributed by atoms with Crippen molar-refractivity contribution < 1.29 is 14.4 Å². The van der Waals surface area contributed by atoms with Gasteiger partial charge in [0.1, 0.15) is 0 Å². The van der Waals surface area contributed by atoms with Crippen molar-refractivity contribution in [1.29, 1.82) is 0 Å². The van der Waals surface area contributed by atoms with E-state index in [0.29, 0.717) is 0 Å². The highest BCUT2D eigenvalue weighted by atomic mass is 79.9. The van der Waals surface area contributed by atoms with Gasteiger partial charge in [-0.1, -0.05) is 0 Å². The van der Waals surface area contributed by atoms with E-state index in [2.05, 4.69) is 19.9 Å². The predicted molar refractivity (Wildman–Crippen MR) is 60.9 cm³/mol. The Balaban J connectivity index is 0. The monoisotopic (exact) mass is 298 g/mol. The lowest BCUT2D eigenvalue weighted by Gasteiger charge is -1.61.